The van der Waals surface area contributed by atoms with Crippen LogP contribution in [0.3, 0.4) is 0 Å². The molecule has 4 rings (SSSR count). The summed E-state index contributed by atoms with van der Waals surface area (Å²) in [6, 6.07) is 24.4. The zero-order chi connectivity index (χ0) is 22.0. The zero-order valence-electron chi connectivity index (χ0n) is 16.7. The molecule has 0 unspecified atom stereocenters. The summed E-state index contributed by atoms with van der Waals surface area (Å²) in [6.45, 7) is 0.498. The van der Waals surface area contributed by atoms with Gasteiger partial charge in [0.15, 0.2) is 9.84 Å². The van der Waals surface area contributed by atoms with Crippen molar-refractivity contribution in [3.8, 4) is 22.4 Å². The highest BCUT2D eigenvalue weighted by atomic mass is 32.2. The zero-order valence-corrected chi connectivity index (χ0v) is 18.3. The summed E-state index contributed by atoms with van der Waals surface area (Å²) >= 11 is 5.59. The summed E-state index contributed by atoms with van der Waals surface area (Å²) in [5.41, 5.74) is 3.95. The van der Waals surface area contributed by atoms with Crippen LogP contribution in [0.2, 0.25) is 0 Å². The first-order valence-electron chi connectivity index (χ1n) is 9.54. The number of rotatable bonds is 5. The maximum absolute atomic E-state index is 13.5. The van der Waals surface area contributed by atoms with Gasteiger partial charge in [-0.25, -0.2) is 17.5 Å². The molecule has 0 fully saturated rings. The van der Waals surface area contributed by atoms with E-state index in [9.17, 15) is 12.8 Å². The van der Waals surface area contributed by atoms with Crippen LogP contribution < -0.4 is 0 Å². The van der Waals surface area contributed by atoms with Crippen molar-refractivity contribution in [3.05, 3.63) is 101 Å². The van der Waals surface area contributed by atoms with Crippen LogP contribution >= 0.6 is 12.2 Å². The van der Waals surface area contributed by atoms with Gasteiger partial charge in [-0.2, -0.15) is 5.10 Å². The van der Waals surface area contributed by atoms with E-state index in [1.807, 2.05) is 36.4 Å². The predicted octanol–water partition coefficient (Wildman–Crippen LogP) is 5.54. The van der Waals surface area contributed by atoms with Crippen molar-refractivity contribution >= 4 is 22.1 Å². The molecule has 0 radical (unpaired) electrons. The molecular formula is C24H19FN2O2S2. The molecule has 4 aromatic rings. The van der Waals surface area contributed by atoms with Gasteiger partial charge in [0.1, 0.15) is 10.5 Å². The fourth-order valence-electron chi connectivity index (χ4n) is 3.28. The number of halogens is 1. The summed E-state index contributed by atoms with van der Waals surface area (Å²) < 4.78 is 39.4. The van der Waals surface area contributed by atoms with Crippen molar-refractivity contribution < 1.29 is 12.8 Å². The molecule has 1 heterocycles. The first-order valence-corrected chi connectivity index (χ1v) is 11.8. The Bertz CT molecular complexity index is 1380. The normalized spacial score (nSPS) is 11.4. The molecule has 1 aromatic heterocycles. The molecule has 0 aliphatic rings. The van der Waals surface area contributed by atoms with Gasteiger partial charge in [-0.3, -0.25) is 0 Å². The van der Waals surface area contributed by atoms with Crippen LogP contribution in [0.25, 0.3) is 22.4 Å². The van der Waals surface area contributed by atoms with Gasteiger partial charge in [0.2, 0.25) is 0 Å². The SMILES string of the molecule is CS(=O)(=O)c1ccc(-c2nn(Cc3ccccc3)c(=S)cc2-c2ccc(F)cc2)cc1. The van der Waals surface area contributed by atoms with Gasteiger partial charge in [0.05, 0.1) is 17.1 Å². The average Bonchev–Trinajstić information content (AvgIpc) is 2.76. The quantitative estimate of drug-likeness (QED) is 0.375. The maximum Gasteiger partial charge on any atom is 0.175 e. The van der Waals surface area contributed by atoms with Gasteiger partial charge in [-0.15, -0.1) is 0 Å². The lowest BCUT2D eigenvalue weighted by Crippen LogP contribution is -2.09. The molecule has 7 heteroatoms. The highest BCUT2D eigenvalue weighted by Gasteiger charge is 2.14. The first kappa shape index (κ1) is 21.1. The number of sulfone groups is 1. The molecule has 0 aliphatic carbocycles. The minimum absolute atomic E-state index is 0.233. The van der Waals surface area contributed by atoms with E-state index < -0.39 is 9.84 Å². The Kier molecular flexibility index (Phi) is 5.80. The lowest BCUT2D eigenvalue weighted by Gasteiger charge is -2.14. The number of nitrogens with zero attached hydrogens (tertiary/aromatic N) is 2. The number of aromatic nitrogens is 2. The molecular weight excluding hydrogens is 431 g/mol. The Hall–Kier alpha value is -3.16. The summed E-state index contributed by atoms with van der Waals surface area (Å²) in [7, 11) is -3.31. The van der Waals surface area contributed by atoms with Crippen molar-refractivity contribution in [2.24, 2.45) is 0 Å². The Morgan fingerprint density at radius 2 is 1.52 bits per heavy atom. The second-order valence-electron chi connectivity index (χ2n) is 7.19. The largest absolute Gasteiger partial charge is 0.250 e. The maximum atomic E-state index is 13.5. The van der Waals surface area contributed by atoms with Crippen LogP contribution in [0.5, 0.6) is 0 Å². The number of benzene rings is 3. The van der Waals surface area contributed by atoms with Gasteiger partial charge in [-0.1, -0.05) is 66.8 Å². The van der Waals surface area contributed by atoms with E-state index >= 15 is 0 Å². The first-order chi connectivity index (χ1) is 14.8. The topological polar surface area (TPSA) is 52.0 Å². The minimum atomic E-state index is -3.31. The van der Waals surface area contributed by atoms with Crippen LogP contribution in [0.15, 0.2) is 89.8 Å². The summed E-state index contributed by atoms with van der Waals surface area (Å²) in [4.78, 5) is 0.233. The highest BCUT2D eigenvalue weighted by Crippen LogP contribution is 2.31. The van der Waals surface area contributed by atoms with Crippen LogP contribution in [-0.2, 0) is 16.4 Å². The lowest BCUT2D eigenvalue weighted by molar-refractivity contribution is 0.602. The third-order valence-electron chi connectivity index (χ3n) is 4.88. The lowest BCUT2D eigenvalue weighted by atomic mass is 10.00. The van der Waals surface area contributed by atoms with Gasteiger partial charge < -0.3 is 0 Å². The van der Waals surface area contributed by atoms with Gasteiger partial charge >= 0.3 is 0 Å². The van der Waals surface area contributed by atoms with E-state index in [4.69, 9.17) is 17.3 Å². The molecule has 156 valence electrons. The van der Waals surface area contributed by atoms with E-state index in [-0.39, 0.29) is 10.7 Å². The molecule has 0 saturated carbocycles. The second-order valence-corrected chi connectivity index (χ2v) is 9.63. The Labute approximate surface area is 185 Å². The highest BCUT2D eigenvalue weighted by molar-refractivity contribution is 7.90. The van der Waals surface area contributed by atoms with Gasteiger partial charge in [0.25, 0.3) is 0 Å². The van der Waals surface area contributed by atoms with Gasteiger partial charge in [-0.05, 0) is 41.5 Å². The van der Waals surface area contributed by atoms with Gasteiger partial charge in [0, 0.05) is 17.4 Å². The van der Waals surface area contributed by atoms with Crippen LogP contribution in [0, 0.1) is 10.5 Å². The Morgan fingerprint density at radius 1 is 0.903 bits per heavy atom. The van der Waals surface area contributed by atoms with Crippen molar-refractivity contribution in [2.75, 3.05) is 6.26 Å². The van der Waals surface area contributed by atoms with Crippen molar-refractivity contribution in [3.63, 3.8) is 0 Å². The second kappa shape index (κ2) is 8.53. The van der Waals surface area contributed by atoms with Crippen molar-refractivity contribution in [2.45, 2.75) is 11.4 Å². The summed E-state index contributed by atoms with van der Waals surface area (Å²) in [5.74, 6) is -0.329. The minimum Gasteiger partial charge on any atom is -0.250 e. The smallest absolute Gasteiger partial charge is 0.175 e. The molecule has 0 amide bonds. The Morgan fingerprint density at radius 3 is 2.13 bits per heavy atom. The number of hydrogen-bond donors (Lipinski definition) is 0. The fraction of sp³-hybridized carbons (Fsp3) is 0.0833. The van der Waals surface area contributed by atoms with E-state index in [0.29, 0.717) is 16.9 Å². The van der Waals surface area contributed by atoms with Crippen LogP contribution in [-0.4, -0.2) is 24.5 Å². The molecule has 0 aliphatic heterocycles. The average molecular weight is 451 g/mol. The standard InChI is InChI=1S/C24H19FN2O2S2/c1-31(28,29)21-13-9-19(10-14-21)24-22(18-7-11-20(25)12-8-18)15-23(30)27(26-24)16-17-5-3-2-4-6-17/h2-15H,16H2,1H3. The predicted molar refractivity (Wildman–Crippen MR) is 123 cm³/mol. The summed E-state index contributed by atoms with van der Waals surface area (Å²) in [6.07, 6.45) is 1.17. The van der Waals surface area contributed by atoms with E-state index in [1.165, 1.54) is 18.4 Å². The molecule has 0 saturated heterocycles. The van der Waals surface area contributed by atoms with E-state index in [1.54, 1.807) is 41.1 Å². The molecule has 4 nitrogen and oxygen atoms in total. The summed E-state index contributed by atoms with van der Waals surface area (Å²) in [5, 5.41) is 4.80. The van der Waals surface area contributed by atoms with Crippen molar-refractivity contribution in [1.29, 1.82) is 0 Å². The molecule has 0 bridgehead atoms. The Balaban J connectivity index is 1.87. The van der Waals surface area contributed by atoms with Crippen molar-refractivity contribution in [1.82, 2.24) is 9.78 Å². The third-order valence-corrected chi connectivity index (χ3v) is 6.34. The molecule has 0 spiro atoms. The third kappa shape index (κ3) is 4.78. The molecule has 0 atom stereocenters. The fourth-order valence-corrected chi connectivity index (χ4v) is 4.14. The van der Waals surface area contributed by atoms with Crippen LogP contribution in [0.4, 0.5) is 4.39 Å². The molecule has 3 aromatic carbocycles. The van der Waals surface area contributed by atoms with E-state index in [2.05, 4.69) is 0 Å². The van der Waals surface area contributed by atoms with E-state index in [0.717, 1.165) is 22.3 Å². The molecule has 31 heavy (non-hydrogen) atoms. The molecule has 0 N–H and O–H groups in total. The monoisotopic (exact) mass is 450 g/mol. The van der Waals surface area contributed by atoms with Crippen LogP contribution in [0.1, 0.15) is 5.56 Å². The number of hydrogen-bond acceptors (Lipinski definition) is 4.